The van der Waals surface area contributed by atoms with Crippen molar-refractivity contribution >= 4 is 17.8 Å². The molecule has 1 aliphatic rings. The summed E-state index contributed by atoms with van der Waals surface area (Å²) in [5.41, 5.74) is 0.313. The van der Waals surface area contributed by atoms with Crippen molar-refractivity contribution in [3.63, 3.8) is 0 Å². The molecule has 1 heterocycles. The Labute approximate surface area is 182 Å². The van der Waals surface area contributed by atoms with Crippen LogP contribution >= 0.6 is 0 Å². The molecular weight excluding hydrogens is 402 g/mol. The number of phenolic OH excluding ortho intramolecular Hbond substituents is 1. The molecule has 1 aliphatic heterocycles. The number of benzene rings is 1. The molecule has 31 heavy (non-hydrogen) atoms. The Morgan fingerprint density at radius 1 is 1.16 bits per heavy atom. The number of rotatable bonds is 4. The van der Waals surface area contributed by atoms with Gasteiger partial charge in [0.1, 0.15) is 35.9 Å². The van der Waals surface area contributed by atoms with Gasteiger partial charge >= 0.3 is 5.97 Å². The zero-order valence-electron chi connectivity index (χ0n) is 18.3. The zero-order chi connectivity index (χ0) is 23.1. The average Bonchev–Trinajstić information content (AvgIpc) is 2.69. The summed E-state index contributed by atoms with van der Waals surface area (Å²) < 4.78 is 11.2. The molecular formula is C23H31NO7. The maximum Gasteiger partial charge on any atom is 0.342 e. The van der Waals surface area contributed by atoms with E-state index in [1.54, 1.807) is 19.9 Å². The van der Waals surface area contributed by atoms with Crippen LogP contribution in [0, 0.1) is 5.92 Å². The van der Waals surface area contributed by atoms with Gasteiger partial charge in [-0.2, -0.15) is 0 Å². The zero-order valence-corrected chi connectivity index (χ0v) is 18.3. The summed E-state index contributed by atoms with van der Waals surface area (Å²) in [5, 5.41) is 30.7. The fourth-order valence-electron chi connectivity index (χ4n) is 2.89. The first kappa shape index (κ1) is 24.6. The first-order valence-corrected chi connectivity index (χ1v) is 10.2. The van der Waals surface area contributed by atoms with Crippen LogP contribution in [-0.4, -0.2) is 77.5 Å². The Hall–Kier alpha value is -2.68. The van der Waals surface area contributed by atoms with E-state index in [1.807, 2.05) is 19.0 Å². The third kappa shape index (κ3) is 6.92. The van der Waals surface area contributed by atoms with Crippen molar-refractivity contribution in [1.82, 2.24) is 4.90 Å². The number of aliphatic hydroxyl groups excluding tert-OH is 2. The molecule has 0 saturated carbocycles. The van der Waals surface area contributed by atoms with Crippen molar-refractivity contribution in [3.8, 4) is 11.5 Å². The Kier molecular flexibility index (Phi) is 8.79. The number of carbonyl (C=O) groups excluding carboxylic acids is 2. The van der Waals surface area contributed by atoms with Gasteiger partial charge in [0.15, 0.2) is 5.78 Å². The monoisotopic (exact) mass is 433 g/mol. The fourth-order valence-corrected chi connectivity index (χ4v) is 2.89. The Bertz CT molecular complexity index is 847. The van der Waals surface area contributed by atoms with E-state index in [9.17, 15) is 24.9 Å². The molecule has 0 bridgehead atoms. The summed E-state index contributed by atoms with van der Waals surface area (Å²) in [4.78, 5) is 26.8. The fraction of sp³-hybridized carbons (Fsp3) is 0.478. The number of hydrogen-bond donors (Lipinski definition) is 3. The van der Waals surface area contributed by atoms with Gasteiger partial charge in [-0.05, 0) is 45.1 Å². The Morgan fingerprint density at radius 3 is 2.55 bits per heavy atom. The lowest BCUT2D eigenvalue weighted by atomic mass is 9.99. The number of aromatic hydroxyl groups is 1. The van der Waals surface area contributed by atoms with Gasteiger partial charge in [0.2, 0.25) is 0 Å². The Morgan fingerprint density at radius 2 is 1.87 bits per heavy atom. The normalized spacial score (nSPS) is 27.2. The molecule has 8 nitrogen and oxygen atoms in total. The van der Waals surface area contributed by atoms with Gasteiger partial charge in [0.05, 0.1) is 6.10 Å². The van der Waals surface area contributed by atoms with Crippen molar-refractivity contribution in [3.05, 3.63) is 41.5 Å². The summed E-state index contributed by atoms with van der Waals surface area (Å²) in [6.45, 7) is 4.46. The summed E-state index contributed by atoms with van der Waals surface area (Å²) in [6.07, 6.45) is 2.21. The highest BCUT2D eigenvalue weighted by atomic mass is 16.5. The molecule has 0 aliphatic carbocycles. The number of hydrogen-bond acceptors (Lipinski definition) is 8. The molecule has 0 radical (unpaired) electrons. The number of phenols is 1. The van der Waals surface area contributed by atoms with Gasteiger partial charge in [0.25, 0.3) is 0 Å². The van der Waals surface area contributed by atoms with Crippen LogP contribution in [0.3, 0.4) is 0 Å². The summed E-state index contributed by atoms with van der Waals surface area (Å²) in [7, 11) is 3.82. The Balaban J connectivity index is 2.42. The largest absolute Gasteiger partial charge is 0.507 e. The first-order chi connectivity index (χ1) is 14.6. The maximum absolute atomic E-state index is 12.8. The average molecular weight is 434 g/mol. The number of aliphatic hydroxyl groups is 2. The molecule has 0 saturated heterocycles. The molecule has 4 atom stereocenters. The maximum atomic E-state index is 12.8. The second-order valence-electron chi connectivity index (χ2n) is 7.94. The van der Waals surface area contributed by atoms with E-state index in [0.29, 0.717) is 24.5 Å². The number of nitrogens with zero attached hydrogens (tertiary/aromatic N) is 1. The second-order valence-corrected chi connectivity index (χ2v) is 7.94. The summed E-state index contributed by atoms with van der Waals surface area (Å²) >= 11 is 0. The van der Waals surface area contributed by atoms with E-state index in [0.717, 1.165) is 0 Å². The van der Waals surface area contributed by atoms with Gasteiger partial charge in [-0.3, -0.25) is 4.79 Å². The number of cyclic esters (lactones) is 1. The standard InChI is InChI=1S/C23H31NO7/c1-14-8-9-19(26)22(28)18(25)7-5-6-16-12-17(30-11-10-24(3)4)13-20(27)21(16)23(29)31-15(14)2/h5-6,8-9,12-15,18,22,25,27-28H,7,10-11H2,1-4H3/b6-5+,9-8-/t14-,15+,18+,22?/m1/s1. The third-order valence-electron chi connectivity index (χ3n) is 5.06. The SMILES string of the molecule is C[C@@H]1/C=C\C(=O)C(O)[C@@H](O)C/C=C/c2cc(OCCN(C)C)cc(O)c2C(=O)O[C@H]1C. The third-order valence-corrected chi connectivity index (χ3v) is 5.06. The van der Waals surface area contributed by atoms with Crippen LogP contribution in [0.5, 0.6) is 11.5 Å². The number of fused-ring (bicyclic) bond motifs is 1. The highest BCUT2D eigenvalue weighted by Crippen LogP contribution is 2.31. The molecule has 1 aromatic carbocycles. The van der Waals surface area contributed by atoms with E-state index < -0.39 is 30.1 Å². The molecule has 8 heteroatoms. The molecule has 2 rings (SSSR count). The topological polar surface area (TPSA) is 117 Å². The lowest BCUT2D eigenvalue weighted by Gasteiger charge is -2.20. The van der Waals surface area contributed by atoms with E-state index in [4.69, 9.17) is 9.47 Å². The summed E-state index contributed by atoms with van der Waals surface area (Å²) in [5.74, 6) is -1.59. The quantitative estimate of drug-likeness (QED) is 0.616. The van der Waals surface area contributed by atoms with Gasteiger partial charge in [-0.15, -0.1) is 0 Å². The molecule has 0 fully saturated rings. The molecule has 1 aromatic rings. The van der Waals surface area contributed by atoms with Crippen LogP contribution in [0.15, 0.2) is 30.4 Å². The number of carbonyl (C=O) groups is 2. The van der Waals surface area contributed by atoms with Gasteiger partial charge in [-0.25, -0.2) is 4.79 Å². The van der Waals surface area contributed by atoms with E-state index in [2.05, 4.69) is 0 Å². The van der Waals surface area contributed by atoms with Crippen LogP contribution in [0.2, 0.25) is 0 Å². The molecule has 0 spiro atoms. The second kappa shape index (κ2) is 11.1. The molecule has 3 N–H and O–H groups in total. The van der Waals surface area contributed by atoms with Crippen molar-refractivity contribution in [2.24, 2.45) is 5.92 Å². The smallest absolute Gasteiger partial charge is 0.342 e. The molecule has 0 aromatic heterocycles. The number of ketones is 1. The van der Waals surface area contributed by atoms with Crippen molar-refractivity contribution < 1.29 is 34.4 Å². The predicted octanol–water partition coefficient (Wildman–Crippen LogP) is 1.78. The van der Waals surface area contributed by atoms with E-state index in [1.165, 1.54) is 30.4 Å². The van der Waals surface area contributed by atoms with Crippen LogP contribution in [-0.2, 0) is 9.53 Å². The van der Waals surface area contributed by atoms with Crippen LogP contribution in [0.1, 0.15) is 36.2 Å². The molecule has 0 amide bonds. The van der Waals surface area contributed by atoms with Crippen LogP contribution in [0.25, 0.3) is 6.08 Å². The number of esters is 1. The lowest BCUT2D eigenvalue weighted by molar-refractivity contribution is -0.127. The van der Waals surface area contributed by atoms with Crippen molar-refractivity contribution in [2.45, 2.75) is 38.6 Å². The summed E-state index contributed by atoms with van der Waals surface area (Å²) in [6, 6.07) is 2.95. The highest BCUT2D eigenvalue weighted by Gasteiger charge is 2.25. The van der Waals surface area contributed by atoms with Crippen molar-refractivity contribution in [2.75, 3.05) is 27.2 Å². The van der Waals surface area contributed by atoms with Crippen LogP contribution in [0.4, 0.5) is 0 Å². The highest BCUT2D eigenvalue weighted by molar-refractivity contribution is 5.97. The van der Waals surface area contributed by atoms with Gasteiger partial charge in [-0.1, -0.05) is 25.2 Å². The lowest BCUT2D eigenvalue weighted by Crippen LogP contribution is -2.32. The molecule has 170 valence electrons. The first-order valence-electron chi connectivity index (χ1n) is 10.2. The predicted molar refractivity (Wildman–Crippen MR) is 116 cm³/mol. The van der Waals surface area contributed by atoms with E-state index >= 15 is 0 Å². The molecule has 1 unspecified atom stereocenters. The minimum absolute atomic E-state index is 0.0255. The van der Waals surface area contributed by atoms with Crippen LogP contribution < -0.4 is 4.74 Å². The van der Waals surface area contributed by atoms with Gasteiger partial charge in [0, 0.05) is 18.5 Å². The number of likely N-dealkylation sites (N-methyl/N-ethyl adjacent to an activating group) is 1. The van der Waals surface area contributed by atoms with Gasteiger partial charge < -0.3 is 29.7 Å². The van der Waals surface area contributed by atoms with E-state index in [-0.39, 0.29) is 23.7 Å². The minimum Gasteiger partial charge on any atom is -0.507 e. The minimum atomic E-state index is -1.57. The number of ether oxygens (including phenoxy) is 2. The van der Waals surface area contributed by atoms with Crippen molar-refractivity contribution in [1.29, 1.82) is 0 Å².